The molecule has 2 aromatic heterocycles. The highest BCUT2D eigenvalue weighted by atomic mass is 35.5. The lowest BCUT2D eigenvalue weighted by Crippen LogP contribution is -2.52. The van der Waals surface area contributed by atoms with Crippen LogP contribution in [0.4, 0.5) is 11.4 Å². The van der Waals surface area contributed by atoms with Crippen LogP contribution in [0.2, 0.25) is 0 Å². The first-order chi connectivity index (χ1) is 28.3. The van der Waals surface area contributed by atoms with Crippen LogP contribution in [0.25, 0.3) is 22.2 Å². The molecule has 10 rings (SSSR count). The highest BCUT2D eigenvalue weighted by molar-refractivity contribution is 6.13. The Morgan fingerprint density at radius 2 is 1.68 bits per heavy atom. The number of phenols is 1. The molecule has 6 aromatic rings. The molecule has 12 heteroatoms. The standard InChI is InChI=1S/C47H47N5O6.ClH/c1-29-43(56-20-17-48-29)23-35-21-30-7-3-4-8-32(30)27-51(35)46(54)38-26-45-44(57-28-58-45)25-37(38)42-24-39(41-9-5-6-18-50(41)42)47(55)52(33-10-13-36(53)14-11-33)34-12-15-40-31(22-34)16-19-49(40)2;/h3-4,7-8,10-16,19,22,24-26,29,35,43,48,53H,5-6,9,17-18,20-21,23,27-28H2,1-2H3;1H/t29-,35+,43?;/m1./s1. The minimum Gasteiger partial charge on any atom is -0.508 e. The molecule has 0 radical (unpaired) electrons. The Kier molecular flexibility index (Phi) is 10.4. The van der Waals surface area contributed by atoms with Crippen molar-refractivity contribution in [3.63, 3.8) is 0 Å². The number of hydrogen-bond acceptors (Lipinski definition) is 7. The van der Waals surface area contributed by atoms with E-state index < -0.39 is 0 Å². The molecule has 11 nitrogen and oxygen atoms in total. The van der Waals surface area contributed by atoms with E-state index in [4.69, 9.17) is 14.2 Å². The number of hydrogen-bond donors (Lipinski definition) is 2. The molecule has 4 aliphatic heterocycles. The van der Waals surface area contributed by atoms with Crippen LogP contribution in [0.1, 0.15) is 63.7 Å². The van der Waals surface area contributed by atoms with Gasteiger partial charge in [-0.3, -0.25) is 14.5 Å². The van der Waals surface area contributed by atoms with Crippen molar-refractivity contribution in [1.29, 1.82) is 0 Å². The quantitative estimate of drug-likeness (QED) is 0.168. The third-order valence-corrected chi connectivity index (χ3v) is 12.5. The van der Waals surface area contributed by atoms with Gasteiger partial charge in [0, 0.05) is 84.2 Å². The molecule has 0 aliphatic carbocycles. The number of aromatic nitrogens is 2. The number of amides is 2. The average Bonchev–Trinajstić information content (AvgIpc) is 3.98. The Hall–Kier alpha value is -5.75. The topological polar surface area (TPSA) is 110 Å². The molecule has 4 aliphatic rings. The van der Waals surface area contributed by atoms with E-state index in [1.165, 1.54) is 5.56 Å². The number of halogens is 1. The van der Waals surface area contributed by atoms with Crippen LogP contribution in [0, 0.1) is 0 Å². The van der Waals surface area contributed by atoms with Gasteiger partial charge in [-0.2, -0.15) is 0 Å². The molecule has 2 amide bonds. The van der Waals surface area contributed by atoms with Crippen LogP contribution in [-0.2, 0) is 37.7 Å². The van der Waals surface area contributed by atoms with Crippen LogP contribution >= 0.6 is 12.4 Å². The van der Waals surface area contributed by atoms with Crippen LogP contribution in [0.3, 0.4) is 0 Å². The summed E-state index contributed by atoms with van der Waals surface area (Å²) >= 11 is 0. The van der Waals surface area contributed by atoms with E-state index in [-0.39, 0.29) is 55.0 Å². The number of fused-ring (bicyclic) bond motifs is 4. The summed E-state index contributed by atoms with van der Waals surface area (Å²) in [7, 11) is 2.00. The van der Waals surface area contributed by atoms with Crippen LogP contribution < -0.4 is 19.7 Å². The van der Waals surface area contributed by atoms with E-state index in [1.807, 2.05) is 66.7 Å². The van der Waals surface area contributed by atoms with Crippen LogP contribution in [0.15, 0.2) is 97.2 Å². The van der Waals surface area contributed by atoms with E-state index in [9.17, 15) is 5.11 Å². The molecule has 4 aromatic carbocycles. The lowest BCUT2D eigenvalue weighted by molar-refractivity contribution is -0.0200. The average molecular weight is 814 g/mol. The second-order valence-electron chi connectivity index (χ2n) is 16.0. The van der Waals surface area contributed by atoms with Gasteiger partial charge in [-0.05, 0) is 117 Å². The summed E-state index contributed by atoms with van der Waals surface area (Å²) in [6.45, 7) is 4.86. The second-order valence-corrected chi connectivity index (χ2v) is 16.0. The van der Waals surface area contributed by atoms with Gasteiger partial charge < -0.3 is 38.7 Å². The normalized spacial score (nSPS) is 19.5. The number of carbonyl (C=O) groups is 2. The number of carbonyl (C=O) groups excluding carboxylic acids is 2. The largest absolute Gasteiger partial charge is 0.508 e. The van der Waals surface area contributed by atoms with Gasteiger partial charge in [0.05, 0.1) is 23.8 Å². The lowest BCUT2D eigenvalue weighted by atomic mass is 9.88. The SMILES string of the molecule is C[C@H]1NCCOC1C[C@@H]1Cc2ccccc2CN1C(=O)c1cc2c(cc1-c1cc(C(=O)N(c3ccc(O)cc3)c3ccc4c(ccn4C)c3)c3n1CCCC3)OCO2.Cl. The molecule has 1 fully saturated rings. The number of benzene rings is 4. The highest BCUT2D eigenvalue weighted by Crippen LogP contribution is 2.43. The summed E-state index contributed by atoms with van der Waals surface area (Å²) < 4.78 is 22.4. The fraction of sp³-hybridized carbons (Fsp3) is 0.319. The third kappa shape index (κ3) is 7.00. The Bertz CT molecular complexity index is 2560. The van der Waals surface area contributed by atoms with Gasteiger partial charge >= 0.3 is 0 Å². The van der Waals surface area contributed by atoms with Gasteiger partial charge in [0.25, 0.3) is 11.8 Å². The summed E-state index contributed by atoms with van der Waals surface area (Å²) in [5.74, 6) is 0.949. The van der Waals surface area contributed by atoms with E-state index in [2.05, 4.69) is 39.6 Å². The fourth-order valence-electron chi connectivity index (χ4n) is 9.43. The van der Waals surface area contributed by atoms with Crippen molar-refractivity contribution in [2.75, 3.05) is 24.8 Å². The van der Waals surface area contributed by atoms with Gasteiger partial charge in [0.15, 0.2) is 11.5 Å². The minimum absolute atomic E-state index is 0. The Labute approximate surface area is 349 Å². The van der Waals surface area contributed by atoms with Crippen molar-refractivity contribution in [2.45, 2.75) is 70.3 Å². The van der Waals surface area contributed by atoms with Crippen molar-refractivity contribution < 1.29 is 28.9 Å². The zero-order valence-electron chi connectivity index (χ0n) is 33.2. The smallest absolute Gasteiger partial charge is 0.264 e. The lowest BCUT2D eigenvalue weighted by Gasteiger charge is -2.41. The summed E-state index contributed by atoms with van der Waals surface area (Å²) in [5, 5.41) is 14.8. The van der Waals surface area contributed by atoms with Gasteiger partial charge in [-0.15, -0.1) is 12.4 Å². The summed E-state index contributed by atoms with van der Waals surface area (Å²) in [4.78, 5) is 34.3. The van der Waals surface area contributed by atoms with Gasteiger partial charge in [-0.25, -0.2) is 0 Å². The maximum absolute atomic E-state index is 15.3. The number of morpholine rings is 1. The van der Waals surface area contributed by atoms with Crippen LogP contribution in [-0.4, -0.2) is 69.1 Å². The first kappa shape index (κ1) is 38.8. The van der Waals surface area contributed by atoms with Crippen molar-refractivity contribution in [2.24, 2.45) is 7.05 Å². The fourth-order valence-corrected chi connectivity index (χ4v) is 9.43. The first-order valence-electron chi connectivity index (χ1n) is 20.4. The zero-order valence-corrected chi connectivity index (χ0v) is 34.0. The molecule has 0 bridgehead atoms. The molecule has 3 atom stereocenters. The van der Waals surface area contributed by atoms with E-state index >= 15 is 9.59 Å². The number of phenolic OH excluding ortho intramolecular Hbond substituents is 1. The highest BCUT2D eigenvalue weighted by Gasteiger charge is 2.37. The molecule has 1 unspecified atom stereocenters. The summed E-state index contributed by atoms with van der Waals surface area (Å²) in [6.07, 6.45) is 6.02. The number of nitrogens with one attached hydrogen (secondary N) is 1. The molecule has 0 spiro atoms. The minimum atomic E-state index is -0.186. The molecule has 2 N–H and O–H groups in total. The zero-order chi connectivity index (χ0) is 39.5. The molecule has 1 saturated heterocycles. The third-order valence-electron chi connectivity index (χ3n) is 12.5. The Balaban J connectivity index is 0.00000449. The summed E-state index contributed by atoms with van der Waals surface area (Å²) in [6, 6.07) is 29.0. The molecular weight excluding hydrogens is 766 g/mol. The van der Waals surface area contributed by atoms with E-state index in [0.717, 1.165) is 53.7 Å². The van der Waals surface area contributed by atoms with Crippen molar-refractivity contribution in [3.05, 3.63) is 125 Å². The van der Waals surface area contributed by atoms with Crippen molar-refractivity contribution in [3.8, 4) is 28.5 Å². The second kappa shape index (κ2) is 15.8. The molecule has 6 heterocycles. The summed E-state index contributed by atoms with van der Waals surface area (Å²) in [5.41, 5.74) is 8.34. The predicted molar refractivity (Wildman–Crippen MR) is 229 cm³/mol. The van der Waals surface area contributed by atoms with Crippen molar-refractivity contribution in [1.82, 2.24) is 19.4 Å². The number of aromatic hydroxyl groups is 1. The van der Waals surface area contributed by atoms with Crippen molar-refractivity contribution >= 4 is 46.5 Å². The molecule has 59 heavy (non-hydrogen) atoms. The number of rotatable bonds is 7. The monoisotopic (exact) mass is 813 g/mol. The maximum Gasteiger partial charge on any atom is 0.264 e. The number of nitrogens with zero attached hydrogens (tertiary/aromatic N) is 4. The van der Waals surface area contributed by atoms with Crippen LogP contribution in [0.5, 0.6) is 17.2 Å². The molecule has 304 valence electrons. The predicted octanol–water partition coefficient (Wildman–Crippen LogP) is 8.15. The maximum atomic E-state index is 15.3. The van der Waals surface area contributed by atoms with Gasteiger partial charge in [0.2, 0.25) is 6.79 Å². The molecular formula is C47H48ClN5O6. The number of aryl methyl sites for hydroxylation is 1. The first-order valence-corrected chi connectivity index (χ1v) is 20.4. The Morgan fingerprint density at radius 3 is 2.49 bits per heavy atom. The van der Waals surface area contributed by atoms with Gasteiger partial charge in [-0.1, -0.05) is 24.3 Å². The number of ether oxygens (including phenoxy) is 3. The van der Waals surface area contributed by atoms with E-state index in [1.54, 1.807) is 29.2 Å². The van der Waals surface area contributed by atoms with E-state index in [0.29, 0.717) is 72.1 Å². The van der Waals surface area contributed by atoms with Gasteiger partial charge in [0.1, 0.15) is 5.75 Å². The Morgan fingerprint density at radius 1 is 0.898 bits per heavy atom. The number of anilines is 2. The molecule has 0 saturated carbocycles.